The van der Waals surface area contributed by atoms with E-state index in [0.717, 1.165) is 16.9 Å². The highest BCUT2D eigenvalue weighted by molar-refractivity contribution is 5.76. The highest BCUT2D eigenvalue weighted by Crippen LogP contribution is 2.21. The van der Waals surface area contributed by atoms with Crippen molar-refractivity contribution in [1.29, 1.82) is 0 Å². The first-order chi connectivity index (χ1) is 14.0. The number of hydrogen-bond donors (Lipinski definition) is 1. The van der Waals surface area contributed by atoms with Crippen LogP contribution in [0.15, 0.2) is 53.1 Å². The molecule has 0 unspecified atom stereocenters. The third-order valence-corrected chi connectivity index (χ3v) is 4.86. The van der Waals surface area contributed by atoms with Gasteiger partial charge in [-0.3, -0.25) is 4.79 Å². The smallest absolute Gasteiger partial charge is 0.227 e. The van der Waals surface area contributed by atoms with Crippen LogP contribution in [0.1, 0.15) is 56.2 Å². The minimum Gasteiger partial charge on any atom is -0.497 e. The van der Waals surface area contributed by atoms with Crippen LogP contribution in [0.25, 0.3) is 11.4 Å². The highest BCUT2D eigenvalue weighted by Gasteiger charge is 2.13. The molecule has 0 bridgehead atoms. The molecule has 6 nitrogen and oxygen atoms in total. The lowest BCUT2D eigenvalue weighted by atomic mass is 10.0. The Morgan fingerprint density at radius 1 is 1.03 bits per heavy atom. The lowest BCUT2D eigenvalue weighted by Gasteiger charge is -2.14. The Morgan fingerprint density at radius 2 is 1.69 bits per heavy atom. The van der Waals surface area contributed by atoms with Gasteiger partial charge in [-0.15, -0.1) is 0 Å². The van der Waals surface area contributed by atoms with Crippen LogP contribution in [0.5, 0.6) is 5.75 Å². The van der Waals surface area contributed by atoms with Crippen LogP contribution >= 0.6 is 0 Å². The van der Waals surface area contributed by atoms with Crippen molar-refractivity contribution in [2.75, 3.05) is 7.11 Å². The first kappa shape index (κ1) is 20.6. The summed E-state index contributed by atoms with van der Waals surface area (Å²) >= 11 is 0. The second-order valence-corrected chi connectivity index (χ2v) is 7.35. The van der Waals surface area contributed by atoms with Gasteiger partial charge in [0.15, 0.2) is 0 Å². The number of ether oxygens (including phenoxy) is 1. The maximum atomic E-state index is 12.3. The molecule has 0 fully saturated rings. The first-order valence-corrected chi connectivity index (χ1v) is 9.82. The van der Waals surface area contributed by atoms with Gasteiger partial charge < -0.3 is 14.6 Å². The summed E-state index contributed by atoms with van der Waals surface area (Å²) in [5.74, 6) is 2.21. The maximum Gasteiger partial charge on any atom is 0.227 e. The van der Waals surface area contributed by atoms with E-state index >= 15 is 0 Å². The zero-order valence-electron chi connectivity index (χ0n) is 17.3. The molecular weight excluding hydrogens is 366 g/mol. The topological polar surface area (TPSA) is 77.2 Å². The average Bonchev–Trinajstić information content (AvgIpc) is 3.21. The van der Waals surface area contributed by atoms with E-state index in [1.165, 1.54) is 5.56 Å². The van der Waals surface area contributed by atoms with Crippen molar-refractivity contribution in [2.24, 2.45) is 0 Å². The molecule has 1 amide bonds. The molecule has 0 radical (unpaired) electrons. The molecule has 1 N–H and O–H groups in total. The summed E-state index contributed by atoms with van der Waals surface area (Å²) in [5, 5.41) is 7.02. The van der Waals surface area contributed by atoms with Gasteiger partial charge in [0, 0.05) is 18.4 Å². The molecule has 0 aliphatic rings. The molecule has 152 valence electrons. The van der Waals surface area contributed by atoms with E-state index in [1.807, 2.05) is 43.3 Å². The number of carbonyl (C=O) groups excluding carboxylic acids is 1. The van der Waals surface area contributed by atoms with E-state index < -0.39 is 0 Å². The fourth-order valence-electron chi connectivity index (χ4n) is 3.00. The summed E-state index contributed by atoms with van der Waals surface area (Å²) in [4.78, 5) is 16.7. The van der Waals surface area contributed by atoms with E-state index in [1.54, 1.807) is 7.11 Å². The molecule has 6 heteroatoms. The molecule has 1 atom stereocenters. The third-order valence-electron chi connectivity index (χ3n) is 4.86. The van der Waals surface area contributed by atoms with Gasteiger partial charge in [-0.25, -0.2) is 0 Å². The van der Waals surface area contributed by atoms with Crippen molar-refractivity contribution < 1.29 is 14.1 Å². The fourth-order valence-corrected chi connectivity index (χ4v) is 3.00. The molecule has 3 rings (SSSR count). The van der Waals surface area contributed by atoms with Crippen molar-refractivity contribution in [1.82, 2.24) is 15.5 Å². The van der Waals surface area contributed by atoms with E-state index in [0.29, 0.717) is 24.1 Å². The predicted octanol–water partition coefficient (Wildman–Crippen LogP) is 4.68. The molecule has 29 heavy (non-hydrogen) atoms. The summed E-state index contributed by atoms with van der Waals surface area (Å²) < 4.78 is 10.5. The number of aryl methyl sites for hydroxylation is 1. The second-order valence-electron chi connectivity index (χ2n) is 7.35. The number of hydrogen-bond acceptors (Lipinski definition) is 5. The summed E-state index contributed by atoms with van der Waals surface area (Å²) in [6.07, 6.45) is 0.687. The number of carbonyl (C=O) groups is 1. The van der Waals surface area contributed by atoms with Crippen LogP contribution in [0.2, 0.25) is 0 Å². The quantitative estimate of drug-likeness (QED) is 0.601. The normalized spacial score (nSPS) is 12.0. The maximum absolute atomic E-state index is 12.3. The number of nitrogens with one attached hydrogen (secondary N) is 1. The predicted molar refractivity (Wildman–Crippen MR) is 112 cm³/mol. The Bertz CT molecular complexity index is 931. The van der Waals surface area contributed by atoms with Crippen molar-refractivity contribution in [3.8, 4) is 17.1 Å². The molecule has 2 aromatic carbocycles. The Balaban J connectivity index is 1.52. The van der Waals surface area contributed by atoms with Gasteiger partial charge in [0.2, 0.25) is 17.6 Å². The minimum absolute atomic E-state index is 0.0608. The van der Waals surface area contributed by atoms with Crippen molar-refractivity contribution >= 4 is 5.91 Å². The van der Waals surface area contributed by atoms with Crippen molar-refractivity contribution in [3.63, 3.8) is 0 Å². The Kier molecular flexibility index (Phi) is 6.65. The second kappa shape index (κ2) is 9.37. The van der Waals surface area contributed by atoms with Crippen LogP contribution in [0, 0.1) is 0 Å². The van der Waals surface area contributed by atoms with Gasteiger partial charge >= 0.3 is 0 Å². The number of nitrogens with zero attached hydrogens (tertiary/aromatic N) is 2. The molecule has 0 aliphatic heterocycles. The number of aromatic nitrogens is 2. The molecule has 0 saturated heterocycles. The van der Waals surface area contributed by atoms with Crippen LogP contribution in [0.4, 0.5) is 0 Å². The standard InChI is InChI=1S/C23H27N3O3/c1-15(2)17-5-7-19(8-6-17)23-25-22(29-26-23)14-13-21(27)24-16(3)18-9-11-20(28-4)12-10-18/h5-12,15-16H,13-14H2,1-4H3,(H,24,27)/t16-/m1/s1. The van der Waals surface area contributed by atoms with Crippen molar-refractivity contribution in [2.45, 2.75) is 45.6 Å². The van der Waals surface area contributed by atoms with Gasteiger partial charge in [0.05, 0.1) is 13.2 Å². The Labute approximate surface area is 171 Å². The molecule has 1 aromatic heterocycles. The fraction of sp³-hybridized carbons (Fsp3) is 0.348. The average molecular weight is 393 g/mol. The molecule has 1 heterocycles. The van der Waals surface area contributed by atoms with Gasteiger partial charge in [-0.2, -0.15) is 4.98 Å². The number of benzene rings is 2. The number of rotatable bonds is 8. The molecular formula is C23H27N3O3. The Morgan fingerprint density at radius 3 is 2.31 bits per heavy atom. The molecule has 0 saturated carbocycles. The monoisotopic (exact) mass is 393 g/mol. The summed E-state index contributed by atoms with van der Waals surface area (Å²) in [7, 11) is 1.63. The van der Waals surface area contributed by atoms with E-state index in [2.05, 4.69) is 41.4 Å². The molecule has 0 spiro atoms. The third kappa shape index (κ3) is 5.44. The lowest BCUT2D eigenvalue weighted by Crippen LogP contribution is -2.26. The van der Waals surface area contributed by atoms with E-state index in [4.69, 9.17) is 9.26 Å². The molecule has 0 aliphatic carbocycles. The SMILES string of the molecule is COc1ccc([C@@H](C)NC(=O)CCc2nc(-c3ccc(C(C)C)cc3)no2)cc1. The van der Waals surface area contributed by atoms with Crippen molar-refractivity contribution in [3.05, 3.63) is 65.5 Å². The van der Waals surface area contributed by atoms with E-state index in [9.17, 15) is 4.79 Å². The van der Waals surface area contributed by atoms with Crippen LogP contribution < -0.4 is 10.1 Å². The summed E-state index contributed by atoms with van der Waals surface area (Å²) in [6.45, 7) is 6.26. The zero-order chi connectivity index (χ0) is 20.8. The van der Waals surface area contributed by atoms with E-state index in [-0.39, 0.29) is 18.4 Å². The van der Waals surface area contributed by atoms with Crippen LogP contribution in [0.3, 0.4) is 0 Å². The van der Waals surface area contributed by atoms with Crippen LogP contribution in [-0.4, -0.2) is 23.2 Å². The number of amides is 1. The largest absolute Gasteiger partial charge is 0.497 e. The first-order valence-electron chi connectivity index (χ1n) is 9.82. The zero-order valence-corrected chi connectivity index (χ0v) is 17.3. The molecule has 3 aromatic rings. The number of methoxy groups -OCH3 is 1. The minimum atomic E-state index is -0.0916. The van der Waals surface area contributed by atoms with Gasteiger partial charge in [-0.1, -0.05) is 55.4 Å². The highest BCUT2D eigenvalue weighted by atomic mass is 16.5. The Hall–Kier alpha value is -3.15. The van der Waals surface area contributed by atoms with Gasteiger partial charge in [-0.05, 0) is 36.1 Å². The van der Waals surface area contributed by atoms with Crippen LogP contribution in [-0.2, 0) is 11.2 Å². The lowest BCUT2D eigenvalue weighted by molar-refractivity contribution is -0.121. The summed E-state index contributed by atoms with van der Waals surface area (Å²) in [5.41, 5.74) is 3.19. The summed E-state index contributed by atoms with van der Waals surface area (Å²) in [6, 6.07) is 15.7. The van der Waals surface area contributed by atoms with Gasteiger partial charge in [0.1, 0.15) is 5.75 Å². The van der Waals surface area contributed by atoms with Gasteiger partial charge in [0.25, 0.3) is 0 Å².